The Balaban J connectivity index is 2.68. The second-order valence-corrected chi connectivity index (χ2v) is 3.96. The molecule has 1 atom stereocenters. The highest BCUT2D eigenvalue weighted by atomic mass is 35.5. The highest BCUT2D eigenvalue weighted by Gasteiger charge is 2.14. The van der Waals surface area contributed by atoms with Crippen molar-refractivity contribution in [3.05, 3.63) is 35.0 Å². The molecule has 0 saturated carbocycles. The molecular formula is C11H11ClFNO. The summed E-state index contributed by atoms with van der Waals surface area (Å²) >= 11 is 5.86. The zero-order valence-corrected chi connectivity index (χ0v) is 9.00. The minimum Gasteiger partial charge on any atom is -0.386 e. The number of rotatable bonds is 2. The summed E-state index contributed by atoms with van der Waals surface area (Å²) in [7, 11) is 1.84. The number of benzene rings is 1. The largest absolute Gasteiger partial charge is 0.386 e. The van der Waals surface area contributed by atoms with Crippen LogP contribution < -0.4 is 0 Å². The maximum atomic E-state index is 12.4. The summed E-state index contributed by atoms with van der Waals surface area (Å²) in [5.74, 6) is 0. The molecule has 0 amide bonds. The lowest BCUT2D eigenvalue weighted by atomic mass is 10.1. The first-order valence-electron chi connectivity index (χ1n) is 4.62. The lowest BCUT2D eigenvalue weighted by molar-refractivity contribution is 0.143. The lowest BCUT2D eigenvalue weighted by Gasteiger charge is -2.03. The van der Waals surface area contributed by atoms with E-state index in [-0.39, 0.29) is 0 Å². The first-order chi connectivity index (χ1) is 7.13. The van der Waals surface area contributed by atoms with Crippen molar-refractivity contribution >= 4 is 22.5 Å². The molecular weight excluding hydrogens is 217 g/mol. The van der Waals surface area contributed by atoms with Gasteiger partial charge in [0, 0.05) is 34.7 Å². The van der Waals surface area contributed by atoms with Crippen LogP contribution in [0.3, 0.4) is 0 Å². The maximum absolute atomic E-state index is 12.4. The van der Waals surface area contributed by atoms with Crippen LogP contribution in [-0.4, -0.2) is 16.3 Å². The summed E-state index contributed by atoms with van der Waals surface area (Å²) in [5, 5.41) is 11.0. The Kier molecular flexibility index (Phi) is 2.67. The van der Waals surface area contributed by atoms with Gasteiger partial charge in [-0.3, -0.25) is 0 Å². The molecule has 0 saturated heterocycles. The number of aliphatic hydroxyl groups excluding tert-OH is 1. The highest BCUT2D eigenvalue weighted by molar-refractivity contribution is 6.31. The number of hydrogen-bond acceptors (Lipinski definition) is 1. The standard InChI is InChI=1S/C11H11ClFNO/c1-14-6-9(11(15)5-13)8-3-2-7(12)4-10(8)14/h2-4,6,11,15H,5H2,1H3. The first kappa shape index (κ1) is 10.5. The van der Waals surface area contributed by atoms with Crippen molar-refractivity contribution in [1.29, 1.82) is 0 Å². The molecule has 80 valence electrons. The van der Waals surface area contributed by atoms with Crippen LogP contribution in [-0.2, 0) is 7.05 Å². The van der Waals surface area contributed by atoms with Crippen molar-refractivity contribution in [1.82, 2.24) is 4.57 Å². The molecule has 0 bridgehead atoms. The molecule has 4 heteroatoms. The van der Waals surface area contributed by atoms with Crippen LogP contribution in [0.25, 0.3) is 10.9 Å². The number of fused-ring (bicyclic) bond motifs is 1. The van der Waals surface area contributed by atoms with Crippen LogP contribution in [0.1, 0.15) is 11.7 Å². The molecule has 2 aromatic rings. The van der Waals surface area contributed by atoms with Crippen LogP contribution >= 0.6 is 11.6 Å². The highest BCUT2D eigenvalue weighted by Crippen LogP contribution is 2.28. The molecule has 0 aliphatic heterocycles. The van der Waals surface area contributed by atoms with E-state index in [4.69, 9.17) is 11.6 Å². The van der Waals surface area contributed by atoms with Crippen LogP contribution in [0, 0.1) is 0 Å². The fourth-order valence-electron chi connectivity index (χ4n) is 1.74. The summed E-state index contributed by atoms with van der Waals surface area (Å²) in [4.78, 5) is 0. The Bertz CT molecular complexity index is 495. The summed E-state index contributed by atoms with van der Waals surface area (Å²) in [6.45, 7) is -0.776. The van der Waals surface area contributed by atoms with Gasteiger partial charge < -0.3 is 9.67 Å². The predicted octanol–water partition coefficient (Wildman–Crippen LogP) is 2.83. The molecule has 0 aliphatic carbocycles. The Hall–Kier alpha value is -1.06. The Morgan fingerprint density at radius 3 is 2.93 bits per heavy atom. The van der Waals surface area contributed by atoms with Gasteiger partial charge in [-0.15, -0.1) is 0 Å². The average Bonchev–Trinajstić information content (AvgIpc) is 2.55. The van der Waals surface area contributed by atoms with E-state index in [1.807, 2.05) is 11.6 Å². The summed E-state index contributed by atoms with van der Waals surface area (Å²) in [6, 6.07) is 5.33. The number of aliphatic hydroxyl groups is 1. The lowest BCUT2D eigenvalue weighted by Crippen LogP contribution is -1.97. The van der Waals surface area contributed by atoms with E-state index < -0.39 is 12.8 Å². The molecule has 1 aromatic heterocycles. The van der Waals surface area contributed by atoms with Crippen molar-refractivity contribution in [3.8, 4) is 0 Å². The number of aryl methyl sites for hydroxylation is 1. The number of halogens is 2. The van der Waals surface area contributed by atoms with Crippen LogP contribution in [0.5, 0.6) is 0 Å². The second kappa shape index (κ2) is 3.83. The normalized spacial score (nSPS) is 13.3. The molecule has 1 heterocycles. The van der Waals surface area contributed by atoms with Gasteiger partial charge in [0.05, 0.1) is 0 Å². The summed E-state index contributed by atoms with van der Waals surface area (Å²) < 4.78 is 14.2. The van der Waals surface area contributed by atoms with Gasteiger partial charge in [-0.25, -0.2) is 4.39 Å². The average molecular weight is 228 g/mol. The fraction of sp³-hybridized carbons (Fsp3) is 0.273. The van der Waals surface area contributed by atoms with Gasteiger partial charge in [0.25, 0.3) is 0 Å². The molecule has 0 aliphatic rings. The zero-order chi connectivity index (χ0) is 11.0. The van der Waals surface area contributed by atoms with E-state index in [1.54, 1.807) is 24.4 Å². The molecule has 1 unspecified atom stereocenters. The third kappa shape index (κ3) is 1.73. The molecule has 15 heavy (non-hydrogen) atoms. The van der Waals surface area contributed by atoms with Gasteiger partial charge in [0.1, 0.15) is 12.8 Å². The van der Waals surface area contributed by atoms with Gasteiger partial charge in [0.2, 0.25) is 0 Å². The minimum atomic E-state index is -1.06. The molecule has 0 fully saturated rings. The number of hydrogen-bond donors (Lipinski definition) is 1. The van der Waals surface area contributed by atoms with Crippen molar-refractivity contribution < 1.29 is 9.50 Å². The number of aromatic nitrogens is 1. The quantitative estimate of drug-likeness (QED) is 0.839. The van der Waals surface area contributed by atoms with Gasteiger partial charge in [-0.05, 0) is 12.1 Å². The van der Waals surface area contributed by atoms with Crippen molar-refractivity contribution in [2.45, 2.75) is 6.10 Å². The Labute approximate surface area is 91.9 Å². The molecule has 1 N–H and O–H groups in total. The van der Waals surface area contributed by atoms with E-state index >= 15 is 0 Å². The molecule has 0 spiro atoms. The van der Waals surface area contributed by atoms with Crippen molar-refractivity contribution in [2.24, 2.45) is 7.05 Å². The third-order valence-corrected chi connectivity index (χ3v) is 2.72. The van der Waals surface area contributed by atoms with Gasteiger partial charge in [-0.1, -0.05) is 17.7 Å². The Morgan fingerprint density at radius 2 is 2.27 bits per heavy atom. The van der Waals surface area contributed by atoms with E-state index in [9.17, 15) is 9.50 Å². The summed E-state index contributed by atoms with van der Waals surface area (Å²) in [6.07, 6.45) is 0.667. The van der Waals surface area contributed by atoms with Gasteiger partial charge in [0.15, 0.2) is 0 Å². The SMILES string of the molecule is Cn1cc(C(O)CF)c2ccc(Cl)cc21. The van der Waals surface area contributed by atoms with Crippen molar-refractivity contribution in [2.75, 3.05) is 6.67 Å². The first-order valence-corrected chi connectivity index (χ1v) is 5.00. The fourth-order valence-corrected chi connectivity index (χ4v) is 1.90. The van der Waals surface area contributed by atoms with Crippen LogP contribution in [0.2, 0.25) is 5.02 Å². The van der Waals surface area contributed by atoms with Gasteiger partial charge >= 0.3 is 0 Å². The monoisotopic (exact) mass is 227 g/mol. The second-order valence-electron chi connectivity index (χ2n) is 3.53. The topological polar surface area (TPSA) is 25.2 Å². The van der Waals surface area contributed by atoms with E-state index in [2.05, 4.69) is 0 Å². The van der Waals surface area contributed by atoms with Crippen LogP contribution in [0.4, 0.5) is 4.39 Å². The van der Waals surface area contributed by atoms with Crippen molar-refractivity contribution in [3.63, 3.8) is 0 Å². The van der Waals surface area contributed by atoms with Gasteiger partial charge in [-0.2, -0.15) is 0 Å². The maximum Gasteiger partial charge on any atom is 0.120 e. The molecule has 0 radical (unpaired) electrons. The van der Waals surface area contributed by atoms with E-state index in [0.717, 1.165) is 10.9 Å². The Morgan fingerprint density at radius 1 is 1.53 bits per heavy atom. The minimum absolute atomic E-state index is 0.603. The van der Waals surface area contributed by atoms with Crippen LogP contribution in [0.15, 0.2) is 24.4 Å². The third-order valence-electron chi connectivity index (χ3n) is 2.49. The predicted molar refractivity (Wildman–Crippen MR) is 58.9 cm³/mol. The molecule has 1 aromatic carbocycles. The van der Waals surface area contributed by atoms with E-state index in [0.29, 0.717) is 10.6 Å². The smallest absolute Gasteiger partial charge is 0.120 e. The van der Waals surface area contributed by atoms with E-state index in [1.165, 1.54) is 0 Å². The number of alkyl halides is 1. The zero-order valence-electron chi connectivity index (χ0n) is 8.24. The molecule has 2 rings (SSSR count). The molecule has 2 nitrogen and oxygen atoms in total. The number of nitrogens with zero attached hydrogens (tertiary/aromatic N) is 1. The summed E-state index contributed by atoms with van der Waals surface area (Å²) in [5.41, 5.74) is 1.50.